The molecule has 1 heterocycles. The van der Waals surface area contributed by atoms with Gasteiger partial charge < -0.3 is 20.7 Å². The van der Waals surface area contributed by atoms with E-state index in [4.69, 9.17) is 4.74 Å². The molecule has 0 aliphatic heterocycles. The smallest absolute Gasteiger partial charge is 0.191 e. The van der Waals surface area contributed by atoms with Crippen molar-refractivity contribution < 1.29 is 4.74 Å². The van der Waals surface area contributed by atoms with Crippen LogP contribution in [0.1, 0.15) is 51.4 Å². The highest BCUT2D eigenvalue weighted by atomic mass is 127. The predicted octanol–water partition coefficient (Wildman–Crippen LogP) is 3.80. The van der Waals surface area contributed by atoms with Crippen LogP contribution in [0.5, 0.6) is 0 Å². The molecule has 27 heavy (non-hydrogen) atoms. The van der Waals surface area contributed by atoms with Gasteiger partial charge in [-0.1, -0.05) is 31.7 Å². The molecule has 1 aromatic rings. The van der Waals surface area contributed by atoms with Crippen molar-refractivity contribution in [2.75, 3.05) is 38.6 Å². The number of hydrogen-bond donors (Lipinski definition) is 3. The Morgan fingerprint density at radius 3 is 2.52 bits per heavy atom. The Morgan fingerprint density at radius 1 is 1.07 bits per heavy atom. The molecule has 0 unspecified atom stereocenters. The number of rotatable bonds is 10. The van der Waals surface area contributed by atoms with Crippen LogP contribution in [0.4, 0.5) is 5.82 Å². The van der Waals surface area contributed by atoms with Crippen LogP contribution in [0.25, 0.3) is 0 Å². The fraction of sp³-hybridized carbons (Fsp3) is 0.700. The van der Waals surface area contributed by atoms with Crippen molar-refractivity contribution in [1.82, 2.24) is 15.6 Å². The molecule has 1 aliphatic rings. The van der Waals surface area contributed by atoms with Crippen LogP contribution in [0.2, 0.25) is 0 Å². The minimum absolute atomic E-state index is 0. The first-order chi connectivity index (χ1) is 12.9. The van der Waals surface area contributed by atoms with E-state index >= 15 is 0 Å². The lowest BCUT2D eigenvalue weighted by Gasteiger charge is -2.16. The number of aromatic nitrogens is 1. The molecule has 1 fully saturated rings. The molecule has 0 atom stereocenters. The van der Waals surface area contributed by atoms with E-state index in [0.717, 1.165) is 50.9 Å². The van der Waals surface area contributed by atoms with E-state index in [9.17, 15) is 0 Å². The van der Waals surface area contributed by atoms with Gasteiger partial charge in [-0.2, -0.15) is 0 Å². The second-order valence-electron chi connectivity index (χ2n) is 6.76. The van der Waals surface area contributed by atoms with Crippen molar-refractivity contribution in [2.24, 2.45) is 4.99 Å². The van der Waals surface area contributed by atoms with Gasteiger partial charge in [0.05, 0.1) is 12.7 Å². The summed E-state index contributed by atoms with van der Waals surface area (Å²) in [7, 11) is 1.81. The molecule has 0 aromatic carbocycles. The van der Waals surface area contributed by atoms with E-state index in [-0.39, 0.29) is 24.0 Å². The number of ether oxygens (including phenoxy) is 1. The third-order valence-electron chi connectivity index (χ3n) is 4.64. The fourth-order valence-electron chi connectivity index (χ4n) is 3.16. The monoisotopic (exact) mass is 489 g/mol. The average molecular weight is 489 g/mol. The van der Waals surface area contributed by atoms with E-state index in [0.29, 0.717) is 6.10 Å². The van der Waals surface area contributed by atoms with Crippen LogP contribution in [0.3, 0.4) is 0 Å². The molecule has 154 valence electrons. The van der Waals surface area contributed by atoms with Gasteiger partial charge in [-0.3, -0.25) is 4.99 Å². The molecule has 0 saturated heterocycles. The van der Waals surface area contributed by atoms with Crippen molar-refractivity contribution in [3.8, 4) is 0 Å². The quantitative estimate of drug-likeness (QED) is 0.153. The largest absolute Gasteiger partial charge is 0.376 e. The molecule has 0 radical (unpaired) electrons. The minimum atomic E-state index is 0. The van der Waals surface area contributed by atoms with Gasteiger partial charge in [0.2, 0.25) is 0 Å². The molecule has 0 spiro atoms. The van der Waals surface area contributed by atoms with Crippen molar-refractivity contribution in [3.05, 3.63) is 24.4 Å². The summed E-state index contributed by atoms with van der Waals surface area (Å²) in [5, 5.41) is 10.0. The van der Waals surface area contributed by atoms with Gasteiger partial charge in [0.25, 0.3) is 0 Å². The Balaban J connectivity index is 0.00000364. The molecule has 0 bridgehead atoms. The topological polar surface area (TPSA) is 70.6 Å². The molecular weight excluding hydrogens is 453 g/mol. The van der Waals surface area contributed by atoms with Gasteiger partial charge in [-0.05, 0) is 37.8 Å². The van der Waals surface area contributed by atoms with Crippen molar-refractivity contribution >= 4 is 35.8 Å². The number of anilines is 1. The summed E-state index contributed by atoms with van der Waals surface area (Å²) in [5.74, 6) is 1.79. The van der Waals surface area contributed by atoms with Crippen molar-refractivity contribution in [3.63, 3.8) is 0 Å². The van der Waals surface area contributed by atoms with Gasteiger partial charge in [0, 0.05) is 32.9 Å². The van der Waals surface area contributed by atoms with Gasteiger partial charge in [0.15, 0.2) is 5.96 Å². The fourth-order valence-corrected chi connectivity index (χ4v) is 3.16. The second kappa shape index (κ2) is 15.9. The van der Waals surface area contributed by atoms with Gasteiger partial charge in [0.1, 0.15) is 5.82 Å². The summed E-state index contributed by atoms with van der Waals surface area (Å²) >= 11 is 0. The summed E-state index contributed by atoms with van der Waals surface area (Å²) in [6.07, 6.45) is 12.2. The van der Waals surface area contributed by atoms with Crippen molar-refractivity contribution in [1.29, 1.82) is 0 Å². The van der Waals surface area contributed by atoms with Crippen LogP contribution < -0.4 is 16.0 Å². The number of halogens is 1. The third kappa shape index (κ3) is 11.4. The zero-order chi connectivity index (χ0) is 18.3. The van der Waals surface area contributed by atoms with E-state index in [1.54, 1.807) is 6.20 Å². The summed E-state index contributed by atoms with van der Waals surface area (Å²) in [5.41, 5.74) is 0. The minimum Gasteiger partial charge on any atom is -0.376 e. The SMILES string of the molecule is CN=C(NCCCCNc1ccccn1)NCCOC1CCCCCC1.I. The second-order valence-corrected chi connectivity index (χ2v) is 6.76. The zero-order valence-corrected chi connectivity index (χ0v) is 18.9. The standard InChI is InChI=1S/C20H35N5O.HI/c1-21-20(25-16-17-26-18-10-4-2-3-5-11-18)24-15-9-8-14-23-19-12-6-7-13-22-19;/h6-7,12-13,18H,2-5,8-11,14-17H2,1H3,(H,22,23)(H2,21,24,25);1H. The van der Waals surface area contributed by atoms with Crippen LogP contribution in [0.15, 0.2) is 29.4 Å². The highest BCUT2D eigenvalue weighted by Crippen LogP contribution is 2.19. The van der Waals surface area contributed by atoms with Crippen LogP contribution in [-0.4, -0.2) is 50.3 Å². The summed E-state index contributed by atoms with van der Waals surface area (Å²) < 4.78 is 6.00. The van der Waals surface area contributed by atoms with E-state index in [2.05, 4.69) is 25.9 Å². The number of hydrogen-bond acceptors (Lipinski definition) is 4. The Kier molecular flexibility index (Phi) is 14.1. The molecule has 1 aliphatic carbocycles. The molecule has 2 rings (SSSR count). The molecule has 6 nitrogen and oxygen atoms in total. The van der Waals surface area contributed by atoms with Gasteiger partial charge in [-0.25, -0.2) is 4.98 Å². The predicted molar refractivity (Wildman–Crippen MR) is 124 cm³/mol. The molecule has 1 aromatic heterocycles. The molecular formula is C20H36IN5O. The lowest BCUT2D eigenvalue weighted by molar-refractivity contribution is 0.0468. The average Bonchev–Trinajstić information content (AvgIpc) is 2.96. The van der Waals surface area contributed by atoms with E-state index in [1.165, 1.54) is 38.5 Å². The highest BCUT2D eigenvalue weighted by molar-refractivity contribution is 14.0. The first kappa shape index (κ1) is 23.9. The molecule has 1 saturated carbocycles. The van der Waals surface area contributed by atoms with Crippen molar-refractivity contribution in [2.45, 2.75) is 57.5 Å². The van der Waals surface area contributed by atoms with Crippen LogP contribution >= 0.6 is 24.0 Å². The van der Waals surface area contributed by atoms with E-state index in [1.807, 2.05) is 25.2 Å². The maximum atomic E-state index is 6.00. The number of unbranched alkanes of at least 4 members (excludes halogenated alkanes) is 1. The van der Waals surface area contributed by atoms with Crippen LogP contribution in [0, 0.1) is 0 Å². The zero-order valence-electron chi connectivity index (χ0n) is 16.6. The number of nitrogens with one attached hydrogen (secondary N) is 3. The normalized spacial score (nSPS) is 15.5. The van der Waals surface area contributed by atoms with Gasteiger partial charge >= 0.3 is 0 Å². The molecule has 3 N–H and O–H groups in total. The molecule has 7 heteroatoms. The summed E-state index contributed by atoms with van der Waals surface area (Å²) in [4.78, 5) is 8.52. The number of nitrogens with zero attached hydrogens (tertiary/aromatic N) is 2. The first-order valence-electron chi connectivity index (χ1n) is 10.1. The molecule has 0 amide bonds. The number of aliphatic imine (C=N–C) groups is 1. The lowest BCUT2D eigenvalue weighted by Crippen LogP contribution is -2.39. The Morgan fingerprint density at radius 2 is 1.81 bits per heavy atom. The maximum Gasteiger partial charge on any atom is 0.191 e. The van der Waals surface area contributed by atoms with E-state index < -0.39 is 0 Å². The Hall–Kier alpha value is -1.09. The lowest BCUT2D eigenvalue weighted by atomic mass is 10.1. The Bertz CT molecular complexity index is 492. The van der Waals surface area contributed by atoms with Crippen LogP contribution in [-0.2, 0) is 4.74 Å². The third-order valence-corrected chi connectivity index (χ3v) is 4.64. The van der Waals surface area contributed by atoms with Gasteiger partial charge in [-0.15, -0.1) is 24.0 Å². The summed E-state index contributed by atoms with van der Waals surface area (Å²) in [6.45, 7) is 3.39. The summed E-state index contributed by atoms with van der Waals surface area (Å²) in [6, 6.07) is 5.91. The number of guanidine groups is 1. The maximum absolute atomic E-state index is 6.00. The Labute approximate surface area is 181 Å². The number of pyridine rings is 1. The highest BCUT2D eigenvalue weighted by Gasteiger charge is 2.12. The first-order valence-corrected chi connectivity index (χ1v) is 10.1.